The minimum atomic E-state index is -0.339. The summed E-state index contributed by atoms with van der Waals surface area (Å²) < 4.78 is 13.2. The zero-order valence-electron chi connectivity index (χ0n) is 19.6. The number of carbonyl (C=O) groups is 1. The molecule has 4 aromatic rings. The van der Waals surface area contributed by atoms with Crippen LogP contribution in [0.1, 0.15) is 49.9 Å². The Hall–Kier alpha value is -3.87. The number of benzene rings is 2. The molecule has 0 fully saturated rings. The van der Waals surface area contributed by atoms with E-state index >= 15 is 0 Å². The van der Waals surface area contributed by atoms with Gasteiger partial charge in [0.2, 0.25) is 0 Å². The smallest absolute Gasteiger partial charge is 0.278 e. The minimum absolute atomic E-state index is 0.193. The number of amides is 1. The van der Waals surface area contributed by atoms with Gasteiger partial charge in [-0.1, -0.05) is 23.4 Å². The predicted octanol–water partition coefficient (Wildman–Crippen LogP) is 5.29. The third-order valence-corrected chi connectivity index (χ3v) is 5.68. The molecule has 0 aliphatic rings. The molecule has 2 aromatic heterocycles. The van der Waals surface area contributed by atoms with Crippen molar-refractivity contribution in [1.82, 2.24) is 14.9 Å². The number of nitrogens with zero attached hydrogens (tertiary/aromatic N) is 3. The van der Waals surface area contributed by atoms with E-state index in [-0.39, 0.29) is 18.2 Å². The summed E-state index contributed by atoms with van der Waals surface area (Å²) in [4.78, 5) is 13.0. The molecule has 33 heavy (non-hydrogen) atoms. The lowest BCUT2D eigenvalue weighted by atomic mass is 10.1. The maximum absolute atomic E-state index is 13.0. The van der Waals surface area contributed by atoms with E-state index in [0.29, 0.717) is 23.6 Å². The zero-order valence-corrected chi connectivity index (χ0v) is 19.6. The Morgan fingerprint density at radius 2 is 1.85 bits per heavy atom. The first-order valence-electron chi connectivity index (χ1n) is 10.9. The van der Waals surface area contributed by atoms with Crippen LogP contribution in [0.15, 0.2) is 53.1 Å². The first kappa shape index (κ1) is 22.3. The summed E-state index contributed by atoms with van der Waals surface area (Å²) in [7, 11) is 0. The maximum atomic E-state index is 13.0. The van der Waals surface area contributed by atoms with Gasteiger partial charge in [-0.25, -0.2) is 0 Å². The standard InChI is InChI=1S/C26H28N4O3/c1-16-9-10-23(11-17(16)2)32-15-24-20(5)33-29-25(24)26(31)27-22-8-6-7-21(13-22)14-30-19(4)12-18(3)28-30/h6-13H,14-15H2,1-5H3,(H,27,31). The van der Waals surface area contributed by atoms with Crippen molar-refractivity contribution in [3.05, 3.63) is 93.6 Å². The van der Waals surface area contributed by atoms with E-state index in [1.807, 2.05) is 74.0 Å². The summed E-state index contributed by atoms with van der Waals surface area (Å²) in [6.45, 7) is 10.7. The van der Waals surface area contributed by atoms with Crippen LogP contribution in [-0.4, -0.2) is 20.8 Å². The van der Waals surface area contributed by atoms with Crippen LogP contribution in [0.5, 0.6) is 5.75 Å². The summed E-state index contributed by atoms with van der Waals surface area (Å²) in [5.41, 5.74) is 6.98. The molecular formula is C26H28N4O3. The number of hydrogen-bond acceptors (Lipinski definition) is 5. The van der Waals surface area contributed by atoms with Gasteiger partial charge in [-0.05, 0) is 81.6 Å². The van der Waals surface area contributed by atoms with Gasteiger partial charge in [-0.3, -0.25) is 9.48 Å². The van der Waals surface area contributed by atoms with Crippen molar-refractivity contribution in [3.63, 3.8) is 0 Å². The normalized spacial score (nSPS) is 10.9. The summed E-state index contributed by atoms with van der Waals surface area (Å²) >= 11 is 0. The van der Waals surface area contributed by atoms with Crippen molar-refractivity contribution < 1.29 is 14.1 Å². The van der Waals surface area contributed by atoms with E-state index in [1.165, 1.54) is 5.56 Å². The molecule has 2 aromatic carbocycles. The third-order valence-electron chi connectivity index (χ3n) is 5.68. The van der Waals surface area contributed by atoms with Crippen LogP contribution in [0.2, 0.25) is 0 Å². The average molecular weight is 445 g/mol. The fourth-order valence-electron chi connectivity index (χ4n) is 3.64. The molecule has 4 rings (SSSR count). The Labute approximate surface area is 193 Å². The number of aromatic nitrogens is 3. The maximum Gasteiger partial charge on any atom is 0.278 e. The molecule has 170 valence electrons. The average Bonchev–Trinajstić information content (AvgIpc) is 3.30. The van der Waals surface area contributed by atoms with Crippen LogP contribution in [0.4, 0.5) is 5.69 Å². The molecule has 1 amide bonds. The van der Waals surface area contributed by atoms with Crippen molar-refractivity contribution >= 4 is 11.6 Å². The lowest BCUT2D eigenvalue weighted by Crippen LogP contribution is -2.15. The van der Waals surface area contributed by atoms with Gasteiger partial charge in [-0.2, -0.15) is 5.10 Å². The van der Waals surface area contributed by atoms with Gasteiger partial charge in [0.05, 0.1) is 17.8 Å². The lowest BCUT2D eigenvalue weighted by molar-refractivity contribution is 0.101. The van der Waals surface area contributed by atoms with Gasteiger partial charge in [0.25, 0.3) is 5.91 Å². The fourth-order valence-corrected chi connectivity index (χ4v) is 3.64. The van der Waals surface area contributed by atoms with Crippen molar-refractivity contribution in [3.8, 4) is 5.75 Å². The van der Waals surface area contributed by atoms with Gasteiger partial charge in [0.1, 0.15) is 18.1 Å². The van der Waals surface area contributed by atoms with Crippen LogP contribution in [-0.2, 0) is 13.2 Å². The monoisotopic (exact) mass is 444 g/mol. The highest BCUT2D eigenvalue weighted by molar-refractivity contribution is 6.03. The van der Waals surface area contributed by atoms with E-state index in [0.717, 1.165) is 28.3 Å². The first-order valence-corrected chi connectivity index (χ1v) is 10.9. The van der Waals surface area contributed by atoms with E-state index in [9.17, 15) is 4.79 Å². The van der Waals surface area contributed by atoms with Crippen LogP contribution in [0, 0.1) is 34.6 Å². The quantitative estimate of drug-likeness (QED) is 0.419. The minimum Gasteiger partial charge on any atom is -0.489 e. The zero-order chi connectivity index (χ0) is 23.5. The summed E-state index contributed by atoms with van der Waals surface area (Å²) in [6, 6.07) is 15.7. The Kier molecular flexibility index (Phi) is 6.31. The molecular weight excluding hydrogens is 416 g/mol. The van der Waals surface area contributed by atoms with Crippen molar-refractivity contribution in [2.75, 3.05) is 5.32 Å². The number of nitrogens with one attached hydrogen (secondary N) is 1. The molecule has 0 bridgehead atoms. The number of carbonyl (C=O) groups excluding carboxylic acids is 1. The van der Waals surface area contributed by atoms with Gasteiger partial charge >= 0.3 is 0 Å². The Bertz CT molecular complexity index is 1300. The van der Waals surface area contributed by atoms with E-state index < -0.39 is 0 Å². The molecule has 0 aliphatic heterocycles. The topological polar surface area (TPSA) is 82.2 Å². The highest BCUT2D eigenvalue weighted by Gasteiger charge is 2.21. The molecule has 0 atom stereocenters. The second-order valence-corrected chi connectivity index (χ2v) is 8.34. The van der Waals surface area contributed by atoms with Crippen LogP contribution >= 0.6 is 0 Å². The fraction of sp³-hybridized carbons (Fsp3) is 0.269. The summed E-state index contributed by atoms with van der Waals surface area (Å²) in [5.74, 6) is 0.956. The highest BCUT2D eigenvalue weighted by atomic mass is 16.5. The van der Waals surface area contributed by atoms with E-state index in [2.05, 4.69) is 22.5 Å². The summed E-state index contributed by atoms with van der Waals surface area (Å²) in [5, 5.41) is 11.4. The van der Waals surface area contributed by atoms with Crippen LogP contribution < -0.4 is 10.1 Å². The van der Waals surface area contributed by atoms with Crippen molar-refractivity contribution in [2.45, 2.75) is 47.8 Å². The highest BCUT2D eigenvalue weighted by Crippen LogP contribution is 2.22. The predicted molar refractivity (Wildman–Crippen MR) is 127 cm³/mol. The van der Waals surface area contributed by atoms with Gasteiger partial charge < -0.3 is 14.6 Å². The Morgan fingerprint density at radius 1 is 1.03 bits per heavy atom. The first-order chi connectivity index (χ1) is 15.8. The Balaban J connectivity index is 1.47. The lowest BCUT2D eigenvalue weighted by Gasteiger charge is -2.10. The Morgan fingerprint density at radius 3 is 2.58 bits per heavy atom. The number of hydrogen-bond donors (Lipinski definition) is 1. The molecule has 0 saturated carbocycles. The van der Waals surface area contributed by atoms with E-state index in [1.54, 1.807) is 6.92 Å². The molecule has 0 spiro atoms. The molecule has 1 N–H and O–H groups in total. The molecule has 0 saturated heterocycles. The van der Waals surface area contributed by atoms with Gasteiger partial charge in [-0.15, -0.1) is 0 Å². The third kappa shape index (κ3) is 5.14. The van der Waals surface area contributed by atoms with Gasteiger partial charge in [0, 0.05) is 11.4 Å². The van der Waals surface area contributed by atoms with Crippen LogP contribution in [0.25, 0.3) is 0 Å². The SMILES string of the molecule is Cc1cc(C)n(Cc2cccc(NC(=O)c3noc(C)c3COc3ccc(C)c(C)c3)c2)n1. The summed E-state index contributed by atoms with van der Waals surface area (Å²) in [6.07, 6.45) is 0. The molecule has 0 unspecified atom stereocenters. The molecule has 7 heteroatoms. The van der Waals surface area contributed by atoms with Gasteiger partial charge in [0.15, 0.2) is 5.69 Å². The second-order valence-electron chi connectivity index (χ2n) is 8.34. The molecule has 0 aliphatic carbocycles. The number of aryl methyl sites for hydroxylation is 5. The van der Waals surface area contributed by atoms with Crippen molar-refractivity contribution in [2.24, 2.45) is 0 Å². The number of rotatable bonds is 7. The molecule has 7 nitrogen and oxygen atoms in total. The number of anilines is 1. The second kappa shape index (κ2) is 9.32. The largest absolute Gasteiger partial charge is 0.489 e. The van der Waals surface area contributed by atoms with E-state index in [4.69, 9.17) is 9.26 Å². The molecule has 2 heterocycles. The number of ether oxygens (including phenoxy) is 1. The van der Waals surface area contributed by atoms with Crippen LogP contribution in [0.3, 0.4) is 0 Å². The van der Waals surface area contributed by atoms with Crippen molar-refractivity contribution in [1.29, 1.82) is 0 Å². The molecule has 0 radical (unpaired) electrons.